The molecule has 2 aromatic rings. The van der Waals surface area contributed by atoms with Gasteiger partial charge in [-0.3, -0.25) is 4.79 Å². The predicted molar refractivity (Wildman–Crippen MR) is 94.8 cm³/mol. The molecule has 23 heavy (non-hydrogen) atoms. The highest BCUT2D eigenvalue weighted by Gasteiger charge is 2.27. The maximum atomic E-state index is 12.6. The number of thioether (sulfide) groups is 1. The molecule has 0 saturated carbocycles. The Morgan fingerprint density at radius 2 is 1.87 bits per heavy atom. The van der Waals surface area contributed by atoms with E-state index in [1.165, 1.54) is 11.8 Å². The Hall–Kier alpha value is -1.34. The van der Waals surface area contributed by atoms with Crippen LogP contribution in [0.3, 0.4) is 0 Å². The Labute approximate surface area is 145 Å². The van der Waals surface area contributed by atoms with Crippen LogP contribution in [0.1, 0.15) is 40.2 Å². The number of hydrogen-bond acceptors (Lipinski definition) is 6. The first-order chi connectivity index (χ1) is 10.8. The van der Waals surface area contributed by atoms with Gasteiger partial charge in [0.1, 0.15) is 0 Å². The summed E-state index contributed by atoms with van der Waals surface area (Å²) in [7, 11) is 0. The molecule has 2 heterocycles. The Morgan fingerprint density at radius 3 is 2.39 bits per heavy atom. The van der Waals surface area contributed by atoms with Crippen LogP contribution in [-0.4, -0.2) is 38.3 Å². The van der Waals surface area contributed by atoms with Gasteiger partial charge in [0.15, 0.2) is 0 Å². The fourth-order valence-electron chi connectivity index (χ4n) is 2.46. The molecule has 5 nitrogen and oxygen atoms in total. The van der Waals surface area contributed by atoms with Gasteiger partial charge >= 0.3 is 0 Å². The van der Waals surface area contributed by atoms with Crippen molar-refractivity contribution in [2.24, 2.45) is 0 Å². The van der Waals surface area contributed by atoms with Gasteiger partial charge in [-0.25, -0.2) is 0 Å². The smallest absolute Gasteiger partial charge is 0.277 e. The minimum atomic E-state index is -0.266. The van der Waals surface area contributed by atoms with E-state index in [1.807, 2.05) is 57.9 Å². The lowest BCUT2D eigenvalue weighted by molar-refractivity contribution is -0.133. The summed E-state index contributed by atoms with van der Waals surface area (Å²) in [6, 6.07) is 2.35. The summed E-state index contributed by atoms with van der Waals surface area (Å²) in [6.45, 7) is 12.0. The van der Waals surface area contributed by atoms with Crippen molar-refractivity contribution in [3.05, 3.63) is 17.0 Å². The lowest BCUT2D eigenvalue weighted by Crippen LogP contribution is -2.45. The highest BCUT2D eigenvalue weighted by atomic mass is 32.2. The van der Waals surface area contributed by atoms with E-state index in [0.717, 1.165) is 10.4 Å². The number of thiophene rings is 1. The van der Waals surface area contributed by atoms with Crippen LogP contribution < -0.4 is 0 Å². The molecule has 0 radical (unpaired) electrons. The van der Waals surface area contributed by atoms with E-state index in [9.17, 15) is 4.79 Å². The van der Waals surface area contributed by atoms with Crippen LogP contribution >= 0.6 is 23.1 Å². The van der Waals surface area contributed by atoms with Crippen molar-refractivity contribution in [3.8, 4) is 10.8 Å². The SMILES string of the molecule is Cc1ccsc1-c1nnc(SC(C)C(=O)N(C(C)C)C(C)C)o1. The van der Waals surface area contributed by atoms with Crippen LogP contribution in [0.2, 0.25) is 0 Å². The van der Waals surface area contributed by atoms with Crippen LogP contribution in [0.25, 0.3) is 10.8 Å². The number of amides is 1. The molecular formula is C16H23N3O2S2. The van der Waals surface area contributed by atoms with Crippen molar-refractivity contribution in [2.45, 2.75) is 64.1 Å². The van der Waals surface area contributed by atoms with Crippen molar-refractivity contribution < 1.29 is 9.21 Å². The molecule has 1 amide bonds. The quantitative estimate of drug-likeness (QED) is 0.727. The van der Waals surface area contributed by atoms with Gasteiger partial charge < -0.3 is 9.32 Å². The zero-order chi connectivity index (χ0) is 17.1. The largest absolute Gasteiger partial charge is 0.410 e. The summed E-state index contributed by atoms with van der Waals surface area (Å²) in [4.78, 5) is 15.5. The minimum absolute atomic E-state index is 0.0899. The molecule has 0 bridgehead atoms. The summed E-state index contributed by atoms with van der Waals surface area (Å²) in [6.07, 6.45) is 0. The number of carbonyl (C=O) groups is 1. The minimum Gasteiger partial charge on any atom is -0.410 e. The maximum Gasteiger partial charge on any atom is 0.277 e. The first-order valence-electron chi connectivity index (χ1n) is 7.68. The van der Waals surface area contributed by atoms with Gasteiger partial charge in [-0.2, -0.15) is 0 Å². The molecule has 7 heteroatoms. The highest BCUT2D eigenvalue weighted by molar-refractivity contribution is 8.00. The monoisotopic (exact) mass is 353 g/mol. The Bertz CT molecular complexity index is 656. The zero-order valence-corrected chi connectivity index (χ0v) is 16.0. The lowest BCUT2D eigenvalue weighted by atomic mass is 10.2. The number of carbonyl (C=O) groups excluding carboxylic acids is 1. The van der Waals surface area contributed by atoms with E-state index in [-0.39, 0.29) is 23.2 Å². The Balaban J connectivity index is 2.09. The highest BCUT2D eigenvalue weighted by Crippen LogP contribution is 2.31. The molecule has 0 aromatic carbocycles. The standard InChI is InChI=1S/C16H23N3O2S2/c1-9(2)19(10(3)4)15(20)12(6)23-16-18-17-14(21-16)13-11(5)7-8-22-13/h7-10,12H,1-6H3. The average molecular weight is 354 g/mol. The van der Waals surface area contributed by atoms with Crippen LogP contribution in [0, 0.1) is 6.92 Å². The van der Waals surface area contributed by atoms with E-state index < -0.39 is 0 Å². The normalized spacial score (nSPS) is 12.9. The molecule has 1 atom stereocenters. The zero-order valence-electron chi connectivity index (χ0n) is 14.4. The number of aryl methyl sites for hydroxylation is 1. The summed E-state index contributed by atoms with van der Waals surface area (Å²) in [5, 5.41) is 10.3. The first kappa shape index (κ1) is 18.0. The molecule has 2 aromatic heterocycles. The van der Waals surface area contributed by atoms with Crippen LogP contribution in [-0.2, 0) is 4.79 Å². The van der Waals surface area contributed by atoms with Crippen molar-refractivity contribution in [1.82, 2.24) is 15.1 Å². The molecule has 0 saturated heterocycles. The van der Waals surface area contributed by atoms with Crippen molar-refractivity contribution in [3.63, 3.8) is 0 Å². The topological polar surface area (TPSA) is 59.2 Å². The average Bonchev–Trinajstić information content (AvgIpc) is 3.06. The van der Waals surface area contributed by atoms with Gasteiger partial charge in [0, 0.05) is 12.1 Å². The van der Waals surface area contributed by atoms with E-state index in [1.54, 1.807) is 11.3 Å². The third-order valence-corrected chi connectivity index (χ3v) is 5.38. The fourth-order valence-corrected chi connectivity index (χ4v) is 4.04. The molecule has 0 aliphatic carbocycles. The molecule has 0 spiro atoms. The van der Waals surface area contributed by atoms with Gasteiger partial charge in [-0.15, -0.1) is 21.5 Å². The molecule has 126 valence electrons. The van der Waals surface area contributed by atoms with E-state index in [2.05, 4.69) is 10.2 Å². The predicted octanol–water partition coefficient (Wildman–Crippen LogP) is 4.23. The molecular weight excluding hydrogens is 330 g/mol. The molecule has 0 fully saturated rings. The van der Waals surface area contributed by atoms with Gasteiger partial charge in [0.2, 0.25) is 5.91 Å². The Morgan fingerprint density at radius 1 is 1.22 bits per heavy atom. The molecule has 0 N–H and O–H groups in total. The van der Waals surface area contributed by atoms with Crippen LogP contribution in [0.4, 0.5) is 0 Å². The van der Waals surface area contributed by atoms with Gasteiger partial charge in [-0.1, -0.05) is 11.8 Å². The summed E-state index contributed by atoms with van der Waals surface area (Å²) < 4.78 is 5.71. The third-order valence-electron chi connectivity index (χ3n) is 3.46. The van der Waals surface area contributed by atoms with E-state index in [0.29, 0.717) is 11.1 Å². The lowest BCUT2D eigenvalue weighted by Gasteiger charge is -2.32. The molecule has 0 aliphatic rings. The van der Waals surface area contributed by atoms with Crippen LogP contribution in [0.5, 0.6) is 0 Å². The number of aromatic nitrogens is 2. The number of hydrogen-bond donors (Lipinski definition) is 0. The second-order valence-corrected chi connectivity index (χ2v) is 8.21. The molecule has 1 unspecified atom stereocenters. The maximum absolute atomic E-state index is 12.6. The summed E-state index contributed by atoms with van der Waals surface area (Å²) in [5.41, 5.74) is 1.12. The van der Waals surface area contributed by atoms with Crippen molar-refractivity contribution >= 4 is 29.0 Å². The molecule has 2 rings (SSSR count). The van der Waals surface area contributed by atoms with Gasteiger partial charge in [0.25, 0.3) is 11.1 Å². The third kappa shape index (κ3) is 4.14. The van der Waals surface area contributed by atoms with Gasteiger partial charge in [0.05, 0.1) is 10.1 Å². The summed E-state index contributed by atoms with van der Waals surface area (Å²) in [5.74, 6) is 0.608. The van der Waals surface area contributed by atoms with Crippen LogP contribution in [0.15, 0.2) is 21.1 Å². The van der Waals surface area contributed by atoms with E-state index in [4.69, 9.17) is 4.42 Å². The summed E-state index contributed by atoms with van der Waals surface area (Å²) >= 11 is 2.89. The second-order valence-electron chi connectivity index (χ2n) is 6.00. The second kappa shape index (κ2) is 7.49. The number of rotatable bonds is 6. The molecule has 0 aliphatic heterocycles. The van der Waals surface area contributed by atoms with E-state index >= 15 is 0 Å². The van der Waals surface area contributed by atoms with Gasteiger partial charge in [-0.05, 0) is 58.6 Å². The van der Waals surface area contributed by atoms with Crippen molar-refractivity contribution in [2.75, 3.05) is 0 Å². The fraction of sp³-hybridized carbons (Fsp3) is 0.562. The Kier molecular flexibility index (Phi) is 5.86. The number of nitrogens with zero attached hydrogens (tertiary/aromatic N) is 3. The first-order valence-corrected chi connectivity index (χ1v) is 9.44. The van der Waals surface area contributed by atoms with Crippen molar-refractivity contribution in [1.29, 1.82) is 0 Å².